The molecule has 0 spiro atoms. The summed E-state index contributed by atoms with van der Waals surface area (Å²) in [4.78, 5) is 39.5. The molecule has 1 saturated heterocycles. The average Bonchev–Trinajstić information content (AvgIpc) is 3.23. The first kappa shape index (κ1) is 24.1. The van der Waals surface area contributed by atoms with E-state index in [0.717, 1.165) is 6.42 Å². The Morgan fingerprint density at radius 3 is 2.42 bits per heavy atom. The van der Waals surface area contributed by atoms with Crippen molar-refractivity contribution in [2.45, 2.75) is 39.7 Å². The molecule has 1 fully saturated rings. The van der Waals surface area contributed by atoms with Crippen molar-refractivity contribution in [3.63, 3.8) is 0 Å². The number of rotatable bonds is 9. The third kappa shape index (κ3) is 5.83. The Hall–Kier alpha value is -3.55. The molecule has 1 heterocycles. The molecule has 2 N–H and O–H groups in total. The van der Waals surface area contributed by atoms with Gasteiger partial charge in [-0.05, 0) is 55.7 Å². The Bertz CT molecular complexity index is 1000. The summed E-state index contributed by atoms with van der Waals surface area (Å²) in [5.74, 6) is 0.425. The molecule has 1 atom stereocenters. The highest BCUT2D eigenvalue weighted by Crippen LogP contribution is 2.34. The number of methoxy groups -OCH3 is 1. The summed E-state index contributed by atoms with van der Waals surface area (Å²) in [6.45, 7) is 6.81. The third-order valence-electron chi connectivity index (χ3n) is 5.47. The Kier molecular flexibility index (Phi) is 7.92. The van der Waals surface area contributed by atoms with E-state index >= 15 is 0 Å². The predicted molar refractivity (Wildman–Crippen MR) is 127 cm³/mol. The quantitative estimate of drug-likeness (QED) is 0.605. The molecule has 8 nitrogen and oxygen atoms in total. The van der Waals surface area contributed by atoms with Crippen molar-refractivity contribution < 1.29 is 23.9 Å². The van der Waals surface area contributed by atoms with Gasteiger partial charge in [0.1, 0.15) is 17.5 Å². The van der Waals surface area contributed by atoms with Gasteiger partial charge in [0.15, 0.2) is 0 Å². The smallest absolute Gasteiger partial charge is 0.251 e. The summed E-state index contributed by atoms with van der Waals surface area (Å²) in [5.41, 5.74) is 1.65. The molecule has 0 bridgehead atoms. The summed E-state index contributed by atoms with van der Waals surface area (Å²) >= 11 is 0. The van der Waals surface area contributed by atoms with Crippen molar-refractivity contribution in [2.75, 3.05) is 30.5 Å². The van der Waals surface area contributed by atoms with Gasteiger partial charge in [-0.25, -0.2) is 0 Å². The molecule has 8 heteroatoms. The van der Waals surface area contributed by atoms with Crippen LogP contribution in [0.2, 0.25) is 0 Å². The minimum absolute atomic E-state index is 0.0574. The first-order valence-corrected chi connectivity index (χ1v) is 11.2. The van der Waals surface area contributed by atoms with Gasteiger partial charge in [0, 0.05) is 30.3 Å². The van der Waals surface area contributed by atoms with E-state index in [9.17, 15) is 14.4 Å². The zero-order valence-electron chi connectivity index (χ0n) is 19.5. The second kappa shape index (κ2) is 10.8. The Balaban J connectivity index is 1.70. The average molecular weight is 454 g/mol. The molecule has 2 aromatic carbocycles. The molecule has 1 aliphatic rings. The number of anilines is 2. The Morgan fingerprint density at radius 2 is 1.85 bits per heavy atom. The Morgan fingerprint density at radius 1 is 1.12 bits per heavy atom. The summed E-state index contributed by atoms with van der Waals surface area (Å²) in [5, 5.41) is 5.67. The van der Waals surface area contributed by atoms with Crippen molar-refractivity contribution in [1.82, 2.24) is 5.32 Å². The van der Waals surface area contributed by atoms with E-state index < -0.39 is 6.04 Å². The van der Waals surface area contributed by atoms with Crippen LogP contribution in [-0.4, -0.2) is 44.0 Å². The number of nitrogens with one attached hydrogen (secondary N) is 2. The molecule has 0 aromatic heterocycles. The fourth-order valence-electron chi connectivity index (χ4n) is 3.73. The number of nitrogens with zero attached hydrogens (tertiary/aromatic N) is 1. The van der Waals surface area contributed by atoms with Crippen LogP contribution in [0.15, 0.2) is 42.5 Å². The molecular formula is C25H31N3O5. The van der Waals surface area contributed by atoms with E-state index in [-0.39, 0.29) is 23.6 Å². The van der Waals surface area contributed by atoms with Gasteiger partial charge in [-0.15, -0.1) is 0 Å². The first-order valence-electron chi connectivity index (χ1n) is 11.2. The zero-order valence-corrected chi connectivity index (χ0v) is 19.5. The molecule has 33 heavy (non-hydrogen) atoms. The van der Waals surface area contributed by atoms with Crippen molar-refractivity contribution in [2.24, 2.45) is 5.92 Å². The highest BCUT2D eigenvalue weighted by atomic mass is 16.5. The van der Waals surface area contributed by atoms with Crippen LogP contribution in [0.5, 0.6) is 11.5 Å². The van der Waals surface area contributed by atoms with Crippen LogP contribution in [0.3, 0.4) is 0 Å². The minimum atomic E-state index is -0.741. The van der Waals surface area contributed by atoms with Crippen LogP contribution in [0, 0.1) is 5.92 Å². The highest BCUT2D eigenvalue weighted by Gasteiger charge is 2.27. The predicted octanol–water partition coefficient (Wildman–Crippen LogP) is 3.61. The van der Waals surface area contributed by atoms with Gasteiger partial charge >= 0.3 is 0 Å². The van der Waals surface area contributed by atoms with E-state index in [1.54, 1.807) is 47.4 Å². The largest absolute Gasteiger partial charge is 0.494 e. The third-order valence-corrected chi connectivity index (χ3v) is 5.47. The number of ether oxygens (including phenoxy) is 2. The topological polar surface area (TPSA) is 97.0 Å². The lowest BCUT2D eigenvalue weighted by Gasteiger charge is -2.23. The fourth-order valence-corrected chi connectivity index (χ4v) is 3.73. The number of carbonyl (C=O) groups is 3. The molecule has 3 rings (SSSR count). The van der Waals surface area contributed by atoms with Crippen molar-refractivity contribution >= 4 is 29.1 Å². The molecular weight excluding hydrogens is 422 g/mol. The van der Waals surface area contributed by atoms with Gasteiger partial charge < -0.3 is 25.0 Å². The van der Waals surface area contributed by atoms with E-state index in [2.05, 4.69) is 10.6 Å². The number of carbonyl (C=O) groups excluding carboxylic acids is 3. The van der Waals surface area contributed by atoms with Crippen LogP contribution < -0.4 is 25.0 Å². The molecule has 0 radical (unpaired) electrons. The second-order valence-corrected chi connectivity index (χ2v) is 8.18. The second-order valence-electron chi connectivity index (χ2n) is 8.18. The normalized spacial score (nSPS) is 14.2. The maximum atomic E-state index is 13.0. The van der Waals surface area contributed by atoms with Gasteiger partial charge in [0.2, 0.25) is 11.8 Å². The van der Waals surface area contributed by atoms with Crippen molar-refractivity contribution in [3.8, 4) is 11.5 Å². The minimum Gasteiger partial charge on any atom is -0.494 e. The molecule has 0 aliphatic carbocycles. The van der Waals surface area contributed by atoms with Gasteiger partial charge in [0.25, 0.3) is 5.91 Å². The van der Waals surface area contributed by atoms with E-state index in [4.69, 9.17) is 9.47 Å². The summed E-state index contributed by atoms with van der Waals surface area (Å²) in [6.07, 6.45) is 1.33. The molecule has 3 amide bonds. The highest BCUT2D eigenvalue weighted by molar-refractivity contribution is 6.02. The zero-order chi connectivity index (χ0) is 24.0. The Labute approximate surface area is 194 Å². The SMILES string of the molecule is CCOc1ccc(C(=O)NC(C(=O)Nc2ccc(N3CCCC3=O)c(OC)c2)C(C)C)cc1. The van der Waals surface area contributed by atoms with Crippen molar-refractivity contribution in [1.29, 1.82) is 0 Å². The van der Waals surface area contributed by atoms with Crippen LogP contribution in [0.1, 0.15) is 44.0 Å². The molecule has 1 unspecified atom stereocenters. The number of hydrogen-bond acceptors (Lipinski definition) is 5. The first-order chi connectivity index (χ1) is 15.8. The van der Waals surface area contributed by atoms with E-state index in [1.807, 2.05) is 20.8 Å². The van der Waals surface area contributed by atoms with E-state index in [1.165, 1.54) is 7.11 Å². The summed E-state index contributed by atoms with van der Waals surface area (Å²) < 4.78 is 10.9. The van der Waals surface area contributed by atoms with Crippen LogP contribution >= 0.6 is 0 Å². The summed E-state index contributed by atoms with van der Waals surface area (Å²) in [6, 6.07) is 11.2. The summed E-state index contributed by atoms with van der Waals surface area (Å²) in [7, 11) is 1.53. The molecule has 176 valence electrons. The van der Waals surface area contributed by atoms with Gasteiger partial charge in [-0.2, -0.15) is 0 Å². The lowest BCUT2D eigenvalue weighted by Crippen LogP contribution is -2.47. The van der Waals surface area contributed by atoms with Crippen LogP contribution in [0.25, 0.3) is 0 Å². The molecule has 1 aliphatic heterocycles. The fraction of sp³-hybridized carbons (Fsp3) is 0.400. The maximum Gasteiger partial charge on any atom is 0.251 e. The lowest BCUT2D eigenvalue weighted by atomic mass is 10.0. The van der Waals surface area contributed by atoms with Crippen molar-refractivity contribution in [3.05, 3.63) is 48.0 Å². The lowest BCUT2D eigenvalue weighted by molar-refractivity contribution is -0.119. The molecule has 0 saturated carbocycles. The number of hydrogen-bond donors (Lipinski definition) is 2. The number of amides is 3. The van der Waals surface area contributed by atoms with Gasteiger partial charge in [-0.1, -0.05) is 13.8 Å². The van der Waals surface area contributed by atoms with Gasteiger partial charge in [0.05, 0.1) is 19.4 Å². The monoisotopic (exact) mass is 453 g/mol. The molecule has 2 aromatic rings. The van der Waals surface area contributed by atoms with Crippen LogP contribution in [0.4, 0.5) is 11.4 Å². The maximum absolute atomic E-state index is 13.0. The van der Waals surface area contributed by atoms with Gasteiger partial charge in [-0.3, -0.25) is 14.4 Å². The van der Waals surface area contributed by atoms with Crippen LogP contribution in [-0.2, 0) is 9.59 Å². The number of benzene rings is 2. The standard InChI is InChI=1S/C25H31N3O5/c1-5-33-19-11-8-17(9-12-19)24(30)27-23(16(2)3)25(31)26-18-10-13-20(21(15-18)32-4)28-14-6-7-22(28)29/h8-13,15-16,23H,5-7,14H2,1-4H3,(H,26,31)(H,27,30). The van der Waals surface area contributed by atoms with E-state index in [0.29, 0.717) is 48.0 Å².